The minimum Gasteiger partial charge on any atom is -0.478 e. The molecule has 5 nitrogen and oxygen atoms in total. The molecule has 1 heterocycles. The summed E-state index contributed by atoms with van der Waals surface area (Å²) >= 11 is 0. The molecule has 0 saturated heterocycles. The van der Waals surface area contributed by atoms with Crippen molar-refractivity contribution in [1.82, 2.24) is 0 Å². The summed E-state index contributed by atoms with van der Waals surface area (Å²) in [4.78, 5) is 37.2. The van der Waals surface area contributed by atoms with Gasteiger partial charge in [0.1, 0.15) is 0 Å². The van der Waals surface area contributed by atoms with Crippen molar-refractivity contribution in [3.05, 3.63) is 70.8 Å². The highest BCUT2D eigenvalue weighted by Gasteiger charge is 2.35. The largest absolute Gasteiger partial charge is 0.478 e. The lowest BCUT2D eigenvalue weighted by Gasteiger charge is -2.37. The van der Waals surface area contributed by atoms with Crippen molar-refractivity contribution in [1.29, 1.82) is 0 Å². The van der Waals surface area contributed by atoms with Gasteiger partial charge in [-0.2, -0.15) is 0 Å². The van der Waals surface area contributed by atoms with Gasteiger partial charge in [0.2, 0.25) is 5.91 Å². The lowest BCUT2D eigenvalue weighted by atomic mass is 9.76. The summed E-state index contributed by atoms with van der Waals surface area (Å²) in [5, 5.41) is 8.92. The number of fused-ring (bicyclic) bond motifs is 1. The average Bonchev–Trinajstić information content (AvgIpc) is 2.64. The van der Waals surface area contributed by atoms with Crippen LogP contribution in [0.4, 0.5) is 5.69 Å². The molecule has 0 bridgehead atoms. The van der Waals surface area contributed by atoms with Gasteiger partial charge in [-0.3, -0.25) is 9.59 Å². The zero-order chi connectivity index (χ0) is 19.8. The van der Waals surface area contributed by atoms with Crippen LogP contribution in [0.15, 0.2) is 48.5 Å². The van der Waals surface area contributed by atoms with Crippen molar-refractivity contribution in [3.63, 3.8) is 0 Å². The number of amides is 1. The first-order valence-corrected chi connectivity index (χ1v) is 8.66. The number of carbonyl (C=O) groups is 3. The van der Waals surface area contributed by atoms with Gasteiger partial charge in [0, 0.05) is 30.1 Å². The summed E-state index contributed by atoms with van der Waals surface area (Å²) < 4.78 is 0. The van der Waals surface area contributed by atoms with E-state index in [1.165, 1.54) is 18.2 Å². The maximum absolute atomic E-state index is 12.6. The second-order valence-electron chi connectivity index (χ2n) is 7.37. The molecule has 0 spiro atoms. The SMILES string of the molecule is CN1C(=O)CC(C)(C)c2cc(C(=O)/C=C/c3ccc(C(=O)O)cc3)ccc21. The molecule has 27 heavy (non-hydrogen) atoms. The zero-order valence-electron chi connectivity index (χ0n) is 15.5. The number of aromatic carboxylic acids is 1. The number of hydrogen-bond acceptors (Lipinski definition) is 3. The highest BCUT2D eigenvalue weighted by molar-refractivity contribution is 6.08. The predicted octanol–water partition coefficient (Wildman–Crippen LogP) is 3.93. The number of allylic oxidation sites excluding steroid dienone is 1. The Morgan fingerprint density at radius 3 is 2.33 bits per heavy atom. The molecule has 0 aromatic heterocycles. The van der Waals surface area contributed by atoms with Crippen LogP contribution in [0, 0.1) is 0 Å². The second kappa shape index (κ2) is 6.83. The molecule has 5 heteroatoms. The smallest absolute Gasteiger partial charge is 0.335 e. The minimum atomic E-state index is -0.985. The Balaban J connectivity index is 1.85. The van der Waals surface area contributed by atoms with Crippen molar-refractivity contribution in [2.24, 2.45) is 0 Å². The molecule has 2 aromatic carbocycles. The molecule has 0 saturated carbocycles. The van der Waals surface area contributed by atoms with E-state index >= 15 is 0 Å². The summed E-state index contributed by atoms with van der Waals surface area (Å²) in [5.74, 6) is -1.06. The first-order chi connectivity index (χ1) is 12.7. The molecule has 0 unspecified atom stereocenters. The Kier molecular flexibility index (Phi) is 4.70. The van der Waals surface area contributed by atoms with Crippen LogP contribution < -0.4 is 4.90 Å². The Morgan fingerprint density at radius 1 is 1.07 bits per heavy atom. The molecule has 0 fully saturated rings. The third kappa shape index (κ3) is 3.67. The Bertz CT molecular complexity index is 955. The van der Waals surface area contributed by atoms with Crippen LogP contribution in [0.25, 0.3) is 6.08 Å². The molecule has 0 radical (unpaired) electrons. The lowest BCUT2D eigenvalue weighted by molar-refractivity contribution is -0.119. The van der Waals surface area contributed by atoms with E-state index in [0.717, 1.165) is 16.8 Å². The number of ketones is 1. The molecule has 1 amide bonds. The fourth-order valence-electron chi connectivity index (χ4n) is 3.26. The molecule has 2 aromatic rings. The summed E-state index contributed by atoms with van der Waals surface area (Å²) in [6.45, 7) is 4.01. The fourth-order valence-corrected chi connectivity index (χ4v) is 3.26. The molecule has 138 valence electrons. The summed E-state index contributed by atoms with van der Waals surface area (Å²) in [7, 11) is 1.75. The number of anilines is 1. The number of nitrogens with zero attached hydrogens (tertiary/aromatic N) is 1. The van der Waals surface area contributed by atoms with Crippen molar-refractivity contribution >= 4 is 29.4 Å². The predicted molar refractivity (Wildman–Crippen MR) is 104 cm³/mol. The molecule has 0 aliphatic carbocycles. The van der Waals surface area contributed by atoms with Gasteiger partial charge in [-0.1, -0.05) is 32.1 Å². The first-order valence-electron chi connectivity index (χ1n) is 8.66. The Hall–Kier alpha value is -3.21. The number of carbonyl (C=O) groups excluding carboxylic acids is 2. The number of rotatable bonds is 4. The topological polar surface area (TPSA) is 74.7 Å². The number of carboxylic acids is 1. The van der Waals surface area contributed by atoms with E-state index in [0.29, 0.717) is 12.0 Å². The Morgan fingerprint density at radius 2 is 1.70 bits per heavy atom. The second-order valence-corrected chi connectivity index (χ2v) is 7.37. The van der Waals surface area contributed by atoms with Crippen molar-refractivity contribution in [3.8, 4) is 0 Å². The van der Waals surface area contributed by atoms with Crippen LogP contribution in [0.2, 0.25) is 0 Å². The highest BCUT2D eigenvalue weighted by Crippen LogP contribution is 2.40. The van der Waals surface area contributed by atoms with Crippen LogP contribution in [-0.2, 0) is 10.2 Å². The first kappa shape index (κ1) is 18.6. The molecular weight excluding hydrogens is 342 g/mol. The van der Waals surface area contributed by atoms with Crippen LogP contribution in [0.5, 0.6) is 0 Å². The quantitative estimate of drug-likeness (QED) is 0.660. The van der Waals surface area contributed by atoms with Crippen molar-refractivity contribution in [2.45, 2.75) is 25.7 Å². The van der Waals surface area contributed by atoms with Gasteiger partial charge in [-0.05, 0) is 47.5 Å². The van der Waals surface area contributed by atoms with Gasteiger partial charge in [0.15, 0.2) is 5.78 Å². The zero-order valence-corrected chi connectivity index (χ0v) is 15.5. The van der Waals surface area contributed by atoms with Gasteiger partial charge in [0.05, 0.1) is 5.56 Å². The lowest BCUT2D eigenvalue weighted by Crippen LogP contribution is -2.39. The van der Waals surface area contributed by atoms with E-state index in [9.17, 15) is 14.4 Å². The minimum absolute atomic E-state index is 0.0660. The molecule has 3 rings (SSSR count). The van der Waals surface area contributed by atoms with Gasteiger partial charge in [-0.25, -0.2) is 4.79 Å². The maximum Gasteiger partial charge on any atom is 0.335 e. The van der Waals surface area contributed by atoms with Crippen molar-refractivity contribution < 1.29 is 19.5 Å². The fraction of sp³-hybridized carbons (Fsp3) is 0.227. The number of hydrogen-bond donors (Lipinski definition) is 1. The molecule has 1 aliphatic rings. The van der Waals surface area contributed by atoms with Gasteiger partial charge >= 0.3 is 5.97 Å². The summed E-state index contributed by atoms with van der Waals surface area (Å²) in [6.07, 6.45) is 3.54. The monoisotopic (exact) mass is 363 g/mol. The third-order valence-electron chi connectivity index (χ3n) is 4.92. The van der Waals surface area contributed by atoms with E-state index in [1.807, 2.05) is 26.0 Å². The van der Waals surface area contributed by atoms with Crippen LogP contribution >= 0.6 is 0 Å². The Labute approximate surface area is 157 Å². The van der Waals surface area contributed by atoms with Gasteiger partial charge in [-0.15, -0.1) is 0 Å². The van der Waals surface area contributed by atoms with Crippen LogP contribution in [0.3, 0.4) is 0 Å². The van der Waals surface area contributed by atoms with E-state index in [4.69, 9.17) is 5.11 Å². The molecule has 1 N–H and O–H groups in total. The summed E-state index contributed by atoms with van der Waals surface area (Å²) in [6, 6.07) is 11.7. The number of benzene rings is 2. The van der Waals surface area contributed by atoms with Gasteiger partial charge < -0.3 is 10.0 Å². The standard InChI is InChI=1S/C22H21NO4/c1-22(2)13-20(25)23(3)18-10-9-16(12-17(18)22)19(24)11-6-14-4-7-15(8-5-14)21(26)27/h4-12H,13H2,1-3H3,(H,26,27)/b11-6+. The van der Waals surface area contributed by atoms with Crippen LogP contribution in [0.1, 0.15) is 52.1 Å². The van der Waals surface area contributed by atoms with E-state index < -0.39 is 5.97 Å². The molecular formula is C22H21NO4. The highest BCUT2D eigenvalue weighted by atomic mass is 16.4. The van der Waals surface area contributed by atoms with Crippen molar-refractivity contribution in [2.75, 3.05) is 11.9 Å². The van der Waals surface area contributed by atoms with E-state index in [2.05, 4.69) is 0 Å². The molecule has 1 aliphatic heterocycles. The molecule has 0 atom stereocenters. The third-order valence-corrected chi connectivity index (χ3v) is 4.92. The number of carboxylic acid groups (broad SMARTS) is 1. The van der Waals surface area contributed by atoms with E-state index in [1.54, 1.807) is 36.2 Å². The average molecular weight is 363 g/mol. The van der Waals surface area contributed by atoms with Crippen LogP contribution in [-0.4, -0.2) is 29.8 Å². The maximum atomic E-state index is 12.6. The van der Waals surface area contributed by atoms with Gasteiger partial charge in [0.25, 0.3) is 0 Å². The normalized spacial score (nSPS) is 15.7. The van der Waals surface area contributed by atoms with E-state index in [-0.39, 0.29) is 22.7 Å². The summed E-state index contributed by atoms with van der Waals surface area (Å²) in [5.41, 5.74) is 3.00.